The fourth-order valence-electron chi connectivity index (χ4n) is 5.00. The molecule has 13 nitrogen and oxygen atoms in total. The first-order chi connectivity index (χ1) is 18.1. The summed E-state index contributed by atoms with van der Waals surface area (Å²) in [6, 6.07) is 1.84. The second-order valence-electron chi connectivity index (χ2n) is 9.64. The summed E-state index contributed by atoms with van der Waals surface area (Å²) in [5, 5.41) is 22.2. The first-order valence-electron chi connectivity index (χ1n) is 12.3. The summed E-state index contributed by atoms with van der Waals surface area (Å²) in [6.07, 6.45) is 1.80. The van der Waals surface area contributed by atoms with Crippen molar-refractivity contribution in [1.29, 1.82) is 0 Å². The van der Waals surface area contributed by atoms with Gasteiger partial charge in [-0.05, 0) is 36.9 Å². The standard InChI is InChI=1S/C23H29ClN3O10P/c1-12-16(37-23(30)35-12)10-34-38(31,32)11-33-9-17-18(28)19(29)21(36-17)27-7-6-14-15(8-13-4-2-3-5-13)25-22(24)26-20(14)27/h6-7,13,17-19,21,28-29H,2-5,8-11H2,1H3,(H,31,32)/t17-,18-,19-,21-/m1/s1. The maximum atomic E-state index is 12.3. The number of rotatable bonds is 10. The predicted octanol–water partition coefficient (Wildman–Crippen LogP) is 2.67. The van der Waals surface area contributed by atoms with Crippen molar-refractivity contribution in [2.45, 2.75) is 70.2 Å². The highest BCUT2D eigenvalue weighted by atomic mass is 35.5. The van der Waals surface area contributed by atoms with Crippen molar-refractivity contribution < 1.29 is 42.5 Å². The quantitative estimate of drug-likeness (QED) is 0.239. The molecule has 2 aliphatic rings. The van der Waals surface area contributed by atoms with Gasteiger partial charge in [-0.3, -0.25) is 9.09 Å². The second kappa shape index (κ2) is 11.2. The summed E-state index contributed by atoms with van der Waals surface area (Å²) < 4.78 is 39.4. The van der Waals surface area contributed by atoms with Crippen LogP contribution >= 0.6 is 19.2 Å². The van der Waals surface area contributed by atoms with Crippen molar-refractivity contribution >= 4 is 30.2 Å². The molecule has 4 heterocycles. The van der Waals surface area contributed by atoms with E-state index in [0.29, 0.717) is 11.6 Å². The summed E-state index contributed by atoms with van der Waals surface area (Å²) in [4.78, 5) is 29.9. The molecular weight excluding hydrogens is 545 g/mol. The van der Waals surface area contributed by atoms with Gasteiger partial charge in [-0.1, -0.05) is 25.7 Å². The molecule has 208 valence electrons. The Morgan fingerprint density at radius 1 is 1.21 bits per heavy atom. The molecular formula is C23H29ClN3O10P. The number of aromatic nitrogens is 3. The Bertz CT molecular complexity index is 1380. The largest absolute Gasteiger partial charge is 0.519 e. The summed E-state index contributed by atoms with van der Waals surface area (Å²) >= 11 is 6.23. The molecule has 0 amide bonds. The van der Waals surface area contributed by atoms with Crippen molar-refractivity contribution in [3.8, 4) is 0 Å². The molecule has 0 bridgehead atoms. The number of fused-ring (bicyclic) bond motifs is 1. The van der Waals surface area contributed by atoms with E-state index in [9.17, 15) is 24.5 Å². The van der Waals surface area contributed by atoms with Gasteiger partial charge in [-0.15, -0.1) is 0 Å². The molecule has 1 unspecified atom stereocenters. The van der Waals surface area contributed by atoms with E-state index >= 15 is 0 Å². The van der Waals surface area contributed by atoms with Crippen LogP contribution in [0.15, 0.2) is 25.9 Å². The van der Waals surface area contributed by atoms with Gasteiger partial charge in [0.2, 0.25) is 5.28 Å². The van der Waals surface area contributed by atoms with Gasteiger partial charge in [0, 0.05) is 11.6 Å². The van der Waals surface area contributed by atoms with Crippen LogP contribution in [0.1, 0.15) is 49.1 Å². The van der Waals surface area contributed by atoms with E-state index in [2.05, 4.69) is 14.4 Å². The lowest BCUT2D eigenvalue weighted by Crippen LogP contribution is -2.34. The van der Waals surface area contributed by atoms with Crippen LogP contribution in [0.25, 0.3) is 11.0 Å². The zero-order valence-electron chi connectivity index (χ0n) is 20.6. The van der Waals surface area contributed by atoms with Crippen LogP contribution in [0.4, 0.5) is 0 Å². The van der Waals surface area contributed by atoms with Crippen molar-refractivity contribution in [3.63, 3.8) is 0 Å². The van der Waals surface area contributed by atoms with Crippen LogP contribution in [0.2, 0.25) is 5.28 Å². The molecule has 3 aromatic heterocycles. The van der Waals surface area contributed by atoms with E-state index in [-0.39, 0.29) is 23.4 Å². The number of hydrogen-bond acceptors (Lipinski definition) is 11. The van der Waals surface area contributed by atoms with Crippen LogP contribution < -0.4 is 5.82 Å². The van der Waals surface area contributed by atoms with Crippen molar-refractivity contribution in [3.05, 3.63) is 45.4 Å². The third-order valence-electron chi connectivity index (χ3n) is 6.96. The number of aliphatic hydroxyl groups is 2. The van der Waals surface area contributed by atoms with Crippen LogP contribution in [0, 0.1) is 12.8 Å². The number of aliphatic hydroxyl groups excluding tert-OH is 2. The lowest BCUT2D eigenvalue weighted by atomic mass is 10.0. The van der Waals surface area contributed by atoms with Gasteiger partial charge in [-0.25, -0.2) is 9.78 Å². The van der Waals surface area contributed by atoms with Gasteiger partial charge in [0.25, 0.3) is 0 Å². The Morgan fingerprint density at radius 3 is 2.68 bits per heavy atom. The molecule has 5 atom stereocenters. The van der Waals surface area contributed by atoms with Crippen molar-refractivity contribution in [2.75, 3.05) is 13.0 Å². The first-order valence-corrected chi connectivity index (χ1v) is 14.4. The van der Waals surface area contributed by atoms with Gasteiger partial charge < -0.3 is 38.0 Å². The minimum atomic E-state index is -4.24. The molecule has 5 rings (SSSR count). The third kappa shape index (κ3) is 5.90. The lowest BCUT2D eigenvalue weighted by molar-refractivity contribution is -0.0614. The molecule has 15 heteroatoms. The van der Waals surface area contributed by atoms with Crippen molar-refractivity contribution in [1.82, 2.24) is 14.5 Å². The average Bonchev–Trinajstić information content (AvgIpc) is 3.63. The molecule has 1 aliphatic heterocycles. The van der Waals surface area contributed by atoms with Crippen molar-refractivity contribution in [2.24, 2.45) is 5.92 Å². The average molecular weight is 574 g/mol. The molecule has 2 fully saturated rings. The molecule has 0 aromatic carbocycles. The highest BCUT2D eigenvalue weighted by molar-refractivity contribution is 7.52. The minimum Gasteiger partial charge on any atom is -0.396 e. The van der Waals surface area contributed by atoms with E-state index in [1.54, 1.807) is 10.8 Å². The Balaban J connectivity index is 1.22. The second-order valence-corrected chi connectivity index (χ2v) is 11.8. The lowest BCUT2D eigenvalue weighted by Gasteiger charge is -2.18. The highest BCUT2D eigenvalue weighted by Crippen LogP contribution is 2.43. The molecule has 1 saturated heterocycles. The maximum absolute atomic E-state index is 12.3. The van der Waals surface area contributed by atoms with Gasteiger partial charge in [0.1, 0.15) is 42.7 Å². The van der Waals surface area contributed by atoms with E-state index in [1.807, 2.05) is 6.07 Å². The zero-order valence-corrected chi connectivity index (χ0v) is 22.2. The van der Waals surface area contributed by atoms with Crippen LogP contribution in [-0.2, 0) is 31.6 Å². The normalized spacial score (nSPS) is 25.9. The number of ether oxygens (including phenoxy) is 2. The Labute approximate surface area is 221 Å². The summed E-state index contributed by atoms with van der Waals surface area (Å²) in [7, 11) is -4.24. The van der Waals surface area contributed by atoms with Crippen LogP contribution in [0.3, 0.4) is 0 Å². The SMILES string of the molecule is Cc1oc(=O)oc1COP(=O)(O)COC[C@H]1O[C@@H](n2ccc3c(CC4CCCC4)nc(Cl)nc32)[C@H](O)[C@@H]1O. The Hall–Kier alpha value is -2.09. The summed E-state index contributed by atoms with van der Waals surface area (Å²) in [6.45, 7) is 0.684. The third-order valence-corrected chi connectivity index (χ3v) is 8.17. The predicted molar refractivity (Wildman–Crippen MR) is 132 cm³/mol. The van der Waals surface area contributed by atoms with Gasteiger partial charge in [0.05, 0.1) is 12.3 Å². The minimum absolute atomic E-state index is 0.0148. The molecule has 1 aliphatic carbocycles. The van der Waals surface area contributed by atoms with E-state index < -0.39 is 50.9 Å². The number of aryl methyl sites for hydroxylation is 1. The summed E-state index contributed by atoms with van der Waals surface area (Å²) in [5.41, 5.74) is 1.31. The monoisotopic (exact) mass is 573 g/mol. The van der Waals surface area contributed by atoms with Crippen LogP contribution in [0.5, 0.6) is 0 Å². The number of halogens is 1. The van der Waals surface area contributed by atoms with Crippen LogP contribution in [-0.4, -0.2) is 60.9 Å². The first kappa shape index (κ1) is 27.5. The molecule has 38 heavy (non-hydrogen) atoms. The zero-order chi connectivity index (χ0) is 27.0. The Morgan fingerprint density at radius 2 is 1.97 bits per heavy atom. The fourth-order valence-corrected chi connectivity index (χ4v) is 5.91. The topological polar surface area (TPSA) is 180 Å². The van der Waals surface area contributed by atoms with Gasteiger partial charge >= 0.3 is 13.4 Å². The maximum Gasteiger partial charge on any atom is 0.519 e. The van der Waals surface area contributed by atoms with E-state index in [4.69, 9.17) is 30.0 Å². The number of hydrogen-bond donors (Lipinski definition) is 3. The van der Waals surface area contributed by atoms with Gasteiger partial charge in [0.15, 0.2) is 12.0 Å². The smallest absolute Gasteiger partial charge is 0.396 e. The highest BCUT2D eigenvalue weighted by Gasteiger charge is 2.44. The number of nitrogens with zero attached hydrogens (tertiary/aromatic N) is 3. The Kier molecular flexibility index (Phi) is 8.09. The molecule has 3 aromatic rings. The molecule has 1 saturated carbocycles. The van der Waals surface area contributed by atoms with E-state index in [1.165, 1.54) is 19.8 Å². The van der Waals surface area contributed by atoms with E-state index in [0.717, 1.165) is 30.3 Å². The molecule has 0 radical (unpaired) electrons. The van der Waals surface area contributed by atoms with Gasteiger partial charge in [-0.2, -0.15) is 4.98 Å². The summed E-state index contributed by atoms with van der Waals surface area (Å²) in [5.74, 6) is -0.287. The fraction of sp³-hybridized carbons (Fsp3) is 0.609. The molecule has 0 spiro atoms. The molecule has 3 N–H and O–H groups in total.